The molecule has 162 valence electrons. The number of nitrogens with zero attached hydrogens (tertiary/aromatic N) is 1. The fourth-order valence-electron chi connectivity index (χ4n) is 2.33. The lowest BCUT2D eigenvalue weighted by atomic mass is 10.1. The van der Waals surface area contributed by atoms with Gasteiger partial charge in [-0.05, 0) is 12.1 Å². The van der Waals surface area contributed by atoms with E-state index < -0.39 is 37.1 Å². The fourth-order valence-corrected chi connectivity index (χ4v) is 3.61. The number of halogens is 1. The van der Waals surface area contributed by atoms with Gasteiger partial charge < -0.3 is 19.3 Å². The summed E-state index contributed by atoms with van der Waals surface area (Å²) in [7, 11) is -1.65. The number of hydrogen-bond donors (Lipinski definition) is 2. The summed E-state index contributed by atoms with van der Waals surface area (Å²) in [5, 5.41) is 20.2. The van der Waals surface area contributed by atoms with Gasteiger partial charge in [-0.3, -0.25) is 14.8 Å². The zero-order valence-electron chi connectivity index (χ0n) is 15.7. The first-order chi connectivity index (χ1) is 14.1. The molecule has 0 aromatic heterocycles. The van der Waals surface area contributed by atoms with Crippen LogP contribution in [0.5, 0.6) is 11.5 Å². The summed E-state index contributed by atoms with van der Waals surface area (Å²) in [6.07, 6.45) is 0. The van der Waals surface area contributed by atoms with Gasteiger partial charge in [0.05, 0.1) is 34.8 Å². The molecule has 0 aliphatic carbocycles. The van der Waals surface area contributed by atoms with Gasteiger partial charge >= 0.3 is 5.97 Å². The van der Waals surface area contributed by atoms with Gasteiger partial charge in [-0.15, -0.1) is 0 Å². The topological polar surface area (TPSA) is 154 Å². The predicted molar refractivity (Wildman–Crippen MR) is 106 cm³/mol. The Labute approximate surface area is 176 Å². The van der Waals surface area contributed by atoms with E-state index in [4.69, 9.17) is 25.8 Å². The Hall–Kier alpha value is -3.09. The van der Waals surface area contributed by atoms with Crippen molar-refractivity contribution in [3.05, 3.63) is 51.0 Å². The van der Waals surface area contributed by atoms with Gasteiger partial charge in [0.1, 0.15) is 11.6 Å². The van der Waals surface area contributed by atoms with E-state index in [1.54, 1.807) is 0 Å². The van der Waals surface area contributed by atoms with Crippen molar-refractivity contribution >= 4 is 39.0 Å². The van der Waals surface area contributed by atoms with Crippen molar-refractivity contribution in [3.63, 3.8) is 0 Å². The van der Waals surface area contributed by atoms with Gasteiger partial charge in [0.2, 0.25) is 0 Å². The van der Waals surface area contributed by atoms with Crippen LogP contribution in [-0.2, 0) is 14.8 Å². The average molecular weight is 461 g/mol. The van der Waals surface area contributed by atoms with Crippen LogP contribution in [0.3, 0.4) is 0 Å². The molecule has 13 heteroatoms. The predicted octanol–water partition coefficient (Wildman–Crippen LogP) is 2.78. The number of aromatic carboxylic acids is 1. The molecular weight excluding hydrogens is 444 g/mol. The molecular formula is C17H17ClN2O9S. The maximum atomic E-state index is 12.7. The zero-order chi connectivity index (χ0) is 22.5. The Morgan fingerprint density at radius 3 is 2.47 bits per heavy atom. The maximum Gasteiger partial charge on any atom is 0.337 e. The van der Waals surface area contributed by atoms with E-state index in [0.717, 1.165) is 30.3 Å². The highest BCUT2D eigenvalue weighted by molar-refractivity contribution is 7.92. The number of carboxylic acid groups (broad SMARTS) is 1. The van der Waals surface area contributed by atoms with Crippen LogP contribution in [0.2, 0.25) is 5.02 Å². The van der Waals surface area contributed by atoms with Crippen LogP contribution >= 0.6 is 11.6 Å². The smallest absolute Gasteiger partial charge is 0.337 e. The third kappa shape index (κ3) is 5.28. The average Bonchev–Trinajstić information content (AvgIpc) is 2.67. The first-order valence-electron chi connectivity index (χ1n) is 8.14. The standard InChI is InChI=1S/C17H17ClN2O9S/c1-27-5-6-29-16-9-13(11(17(21)22)8-15(16)28-2)19-30(25,26)10-3-4-12(18)14(7-10)20(23)24/h3-4,7-9,19H,5-6H2,1-2H3,(H,21,22). The third-order valence-electron chi connectivity index (χ3n) is 3.75. The monoisotopic (exact) mass is 460 g/mol. The summed E-state index contributed by atoms with van der Waals surface area (Å²) in [4.78, 5) is 21.3. The molecule has 0 amide bonds. The summed E-state index contributed by atoms with van der Waals surface area (Å²) in [5.74, 6) is -1.30. The van der Waals surface area contributed by atoms with Gasteiger partial charge in [-0.2, -0.15) is 0 Å². The van der Waals surface area contributed by atoms with Crippen molar-refractivity contribution in [3.8, 4) is 11.5 Å². The molecule has 2 aromatic carbocycles. The van der Waals surface area contributed by atoms with Crippen LogP contribution in [0.15, 0.2) is 35.2 Å². The maximum absolute atomic E-state index is 12.7. The van der Waals surface area contributed by atoms with Crippen molar-refractivity contribution in [2.75, 3.05) is 32.2 Å². The highest BCUT2D eigenvalue weighted by atomic mass is 35.5. The molecule has 0 radical (unpaired) electrons. The second kappa shape index (κ2) is 9.61. The number of ether oxygens (including phenoxy) is 3. The Morgan fingerprint density at radius 2 is 1.90 bits per heavy atom. The van der Waals surface area contributed by atoms with Gasteiger partial charge in [0, 0.05) is 25.3 Å². The van der Waals surface area contributed by atoms with Crippen molar-refractivity contribution < 1.29 is 37.5 Å². The number of sulfonamides is 1. The van der Waals surface area contributed by atoms with E-state index in [0.29, 0.717) is 0 Å². The van der Waals surface area contributed by atoms with Crippen molar-refractivity contribution in [2.24, 2.45) is 0 Å². The van der Waals surface area contributed by atoms with E-state index in [1.807, 2.05) is 0 Å². The Morgan fingerprint density at radius 1 is 1.20 bits per heavy atom. The molecule has 2 rings (SSSR count). The largest absolute Gasteiger partial charge is 0.493 e. The van der Waals surface area contributed by atoms with E-state index in [9.17, 15) is 28.4 Å². The lowest BCUT2D eigenvalue weighted by Crippen LogP contribution is -2.16. The lowest BCUT2D eigenvalue weighted by molar-refractivity contribution is -0.384. The van der Waals surface area contributed by atoms with Crippen molar-refractivity contribution in [1.29, 1.82) is 0 Å². The van der Waals surface area contributed by atoms with E-state index in [-0.39, 0.29) is 35.4 Å². The number of anilines is 1. The number of carboxylic acids is 1. The van der Waals surface area contributed by atoms with Crippen LogP contribution in [0, 0.1) is 10.1 Å². The number of benzene rings is 2. The number of rotatable bonds is 10. The molecule has 0 atom stereocenters. The Balaban J connectivity index is 2.51. The van der Waals surface area contributed by atoms with Crippen molar-refractivity contribution in [1.82, 2.24) is 0 Å². The minimum Gasteiger partial charge on any atom is -0.493 e. The molecule has 0 aliphatic rings. The molecule has 2 aromatic rings. The zero-order valence-corrected chi connectivity index (χ0v) is 17.3. The number of hydrogen-bond acceptors (Lipinski definition) is 8. The molecule has 0 spiro atoms. The van der Waals surface area contributed by atoms with Crippen molar-refractivity contribution in [2.45, 2.75) is 4.90 Å². The van der Waals surface area contributed by atoms with Crippen LogP contribution in [0.4, 0.5) is 11.4 Å². The van der Waals surface area contributed by atoms with Gasteiger partial charge in [0.25, 0.3) is 15.7 Å². The normalized spacial score (nSPS) is 11.0. The molecule has 0 heterocycles. The first kappa shape index (κ1) is 23.2. The highest BCUT2D eigenvalue weighted by Gasteiger charge is 2.24. The first-order valence-corrected chi connectivity index (χ1v) is 10.0. The van der Waals surface area contributed by atoms with Crippen LogP contribution in [-0.4, -0.2) is 51.9 Å². The van der Waals surface area contributed by atoms with Crippen LogP contribution < -0.4 is 14.2 Å². The highest BCUT2D eigenvalue weighted by Crippen LogP contribution is 2.35. The minimum atomic E-state index is -4.40. The number of nitro groups is 1. The van der Waals surface area contributed by atoms with E-state index in [1.165, 1.54) is 14.2 Å². The van der Waals surface area contributed by atoms with Gasteiger partial charge in [0.15, 0.2) is 11.5 Å². The van der Waals surface area contributed by atoms with E-state index in [2.05, 4.69) is 4.72 Å². The molecule has 0 aliphatic heterocycles. The molecule has 0 bridgehead atoms. The lowest BCUT2D eigenvalue weighted by Gasteiger charge is -2.16. The molecule has 2 N–H and O–H groups in total. The number of nitro benzene ring substituents is 1. The number of carbonyl (C=O) groups is 1. The van der Waals surface area contributed by atoms with Crippen LogP contribution in [0.1, 0.15) is 10.4 Å². The molecule has 0 unspecified atom stereocenters. The third-order valence-corrected chi connectivity index (χ3v) is 5.43. The molecule has 0 saturated heterocycles. The Bertz CT molecular complexity index is 1070. The quantitative estimate of drug-likeness (QED) is 0.309. The SMILES string of the molecule is COCCOc1cc(NS(=O)(=O)c2ccc(Cl)c([N+](=O)[O-])c2)c(C(=O)O)cc1OC. The molecule has 0 saturated carbocycles. The second-order valence-corrected chi connectivity index (χ2v) is 7.76. The summed E-state index contributed by atoms with van der Waals surface area (Å²) >= 11 is 5.71. The Kier molecular flexibility index (Phi) is 7.43. The summed E-state index contributed by atoms with van der Waals surface area (Å²) in [6.45, 7) is 0.314. The summed E-state index contributed by atoms with van der Waals surface area (Å²) < 4.78 is 43.0. The molecule has 30 heavy (non-hydrogen) atoms. The summed E-state index contributed by atoms with van der Waals surface area (Å²) in [5.41, 5.74) is -1.36. The number of methoxy groups -OCH3 is 2. The molecule has 11 nitrogen and oxygen atoms in total. The summed E-state index contributed by atoms with van der Waals surface area (Å²) in [6, 6.07) is 5.11. The minimum absolute atomic E-state index is 0.0635. The number of nitrogens with one attached hydrogen (secondary N) is 1. The molecule has 0 fully saturated rings. The fraction of sp³-hybridized carbons (Fsp3) is 0.235. The van der Waals surface area contributed by atoms with Gasteiger partial charge in [-0.1, -0.05) is 11.6 Å². The van der Waals surface area contributed by atoms with Gasteiger partial charge in [-0.25, -0.2) is 13.2 Å². The second-order valence-electron chi connectivity index (χ2n) is 5.67. The van der Waals surface area contributed by atoms with Crippen LogP contribution in [0.25, 0.3) is 0 Å². The van der Waals surface area contributed by atoms with E-state index >= 15 is 0 Å².